The maximum atomic E-state index is 12.6. The highest BCUT2D eigenvalue weighted by Crippen LogP contribution is 2.30. The molecule has 29 heavy (non-hydrogen) atoms. The van der Waals surface area contributed by atoms with Gasteiger partial charge in [-0.25, -0.2) is 0 Å². The summed E-state index contributed by atoms with van der Waals surface area (Å²) < 4.78 is 48.2. The maximum absolute atomic E-state index is 12.6. The first-order valence-corrected chi connectivity index (χ1v) is 9.33. The summed E-state index contributed by atoms with van der Waals surface area (Å²) in [6, 6.07) is 4.38. The van der Waals surface area contributed by atoms with E-state index in [9.17, 15) is 18.3 Å². The highest BCUT2D eigenvalue weighted by molar-refractivity contribution is 14.0. The molecule has 1 aromatic carbocycles. The first-order valence-electron chi connectivity index (χ1n) is 9.33. The number of aliphatic hydroxyl groups excluding tert-OH is 1. The van der Waals surface area contributed by atoms with Crippen molar-refractivity contribution in [3.05, 3.63) is 29.8 Å². The van der Waals surface area contributed by atoms with E-state index in [1.807, 2.05) is 6.92 Å². The Morgan fingerprint density at radius 1 is 1.34 bits per heavy atom. The minimum atomic E-state index is -4.38. The lowest BCUT2D eigenvalue weighted by atomic mass is 10.1. The van der Waals surface area contributed by atoms with Crippen molar-refractivity contribution in [1.82, 2.24) is 10.2 Å². The van der Waals surface area contributed by atoms with Crippen LogP contribution in [0.3, 0.4) is 0 Å². The van der Waals surface area contributed by atoms with Crippen LogP contribution in [0.4, 0.5) is 13.2 Å². The molecule has 1 fully saturated rings. The highest BCUT2D eigenvalue weighted by Gasteiger charge is 2.30. The molecule has 0 saturated carbocycles. The number of alkyl halides is 3. The number of hydrogen-bond acceptors (Lipinski definition) is 4. The SMILES string of the molecule is CCNC(=NCC(O)COc1ccc(C(F)(F)F)cc1)N1CCC(COC)C1.I. The van der Waals surface area contributed by atoms with Gasteiger partial charge in [0.1, 0.15) is 18.5 Å². The molecule has 166 valence electrons. The van der Waals surface area contributed by atoms with Gasteiger partial charge in [-0.1, -0.05) is 0 Å². The van der Waals surface area contributed by atoms with Crippen LogP contribution in [0.15, 0.2) is 29.3 Å². The Kier molecular flexibility index (Phi) is 11.0. The largest absolute Gasteiger partial charge is 0.491 e. The molecular formula is C19H29F3IN3O3. The second-order valence-electron chi connectivity index (χ2n) is 6.74. The van der Waals surface area contributed by atoms with E-state index < -0.39 is 17.8 Å². The van der Waals surface area contributed by atoms with Crippen molar-refractivity contribution in [3.63, 3.8) is 0 Å². The molecule has 6 nitrogen and oxygen atoms in total. The zero-order valence-corrected chi connectivity index (χ0v) is 18.9. The zero-order chi connectivity index (χ0) is 20.6. The topological polar surface area (TPSA) is 66.3 Å². The van der Waals surface area contributed by atoms with Crippen molar-refractivity contribution in [2.45, 2.75) is 25.6 Å². The van der Waals surface area contributed by atoms with Gasteiger partial charge in [0.25, 0.3) is 0 Å². The number of ether oxygens (including phenoxy) is 2. The molecule has 0 radical (unpaired) electrons. The summed E-state index contributed by atoms with van der Waals surface area (Å²) in [4.78, 5) is 6.60. The van der Waals surface area contributed by atoms with Crippen LogP contribution >= 0.6 is 24.0 Å². The van der Waals surface area contributed by atoms with Gasteiger partial charge in [-0.3, -0.25) is 4.99 Å². The molecule has 1 aliphatic rings. The van der Waals surface area contributed by atoms with Gasteiger partial charge in [0.2, 0.25) is 0 Å². The van der Waals surface area contributed by atoms with Crippen molar-refractivity contribution in [3.8, 4) is 5.75 Å². The molecule has 10 heteroatoms. The van der Waals surface area contributed by atoms with Gasteiger partial charge in [0, 0.05) is 32.7 Å². The summed E-state index contributed by atoms with van der Waals surface area (Å²) in [6.45, 7) is 5.19. The predicted octanol–water partition coefficient (Wildman–Crippen LogP) is 3.00. The summed E-state index contributed by atoms with van der Waals surface area (Å²) in [7, 11) is 1.69. The predicted molar refractivity (Wildman–Crippen MR) is 116 cm³/mol. The van der Waals surface area contributed by atoms with Crippen molar-refractivity contribution in [1.29, 1.82) is 0 Å². The van der Waals surface area contributed by atoms with E-state index in [0.29, 0.717) is 19.1 Å². The average Bonchev–Trinajstić information content (AvgIpc) is 3.12. The molecule has 0 spiro atoms. The third-order valence-electron chi connectivity index (χ3n) is 4.40. The van der Waals surface area contributed by atoms with Crippen LogP contribution in [0, 0.1) is 5.92 Å². The van der Waals surface area contributed by atoms with Gasteiger partial charge in [0.15, 0.2) is 5.96 Å². The third kappa shape index (κ3) is 8.55. The van der Waals surface area contributed by atoms with Crippen molar-refractivity contribution >= 4 is 29.9 Å². The Bertz CT molecular complexity index is 629. The van der Waals surface area contributed by atoms with Gasteiger partial charge in [-0.05, 0) is 37.6 Å². The second kappa shape index (κ2) is 12.4. The van der Waals surface area contributed by atoms with E-state index in [1.165, 1.54) is 12.1 Å². The van der Waals surface area contributed by atoms with E-state index in [0.717, 1.165) is 37.6 Å². The number of nitrogens with one attached hydrogen (secondary N) is 1. The van der Waals surface area contributed by atoms with Gasteiger partial charge in [-0.2, -0.15) is 13.2 Å². The van der Waals surface area contributed by atoms with E-state index in [-0.39, 0.29) is 42.9 Å². The summed E-state index contributed by atoms with van der Waals surface area (Å²) in [6.07, 6.45) is -4.22. The van der Waals surface area contributed by atoms with E-state index in [4.69, 9.17) is 9.47 Å². The van der Waals surface area contributed by atoms with Crippen LogP contribution in [0.5, 0.6) is 5.75 Å². The Morgan fingerprint density at radius 2 is 2.03 bits per heavy atom. The monoisotopic (exact) mass is 531 g/mol. The molecule has 1 aromatic rings. The average molecular weight is 531 g/mol. The molecule has 2 N–H and O–H groups in total. The van der Waals surface area contributed by atoms with Crippen LogP contribution < -0.4 is 10.1 Å². The van der Waals surface area contributed by atoms with E-state index >= 15 is 0 Å². The van der Waals surface area contributed by atoms with Crippen LogP contribution in [-0.2, 0) is 10.9 Å². The molecule has 1 aliphatic heterocycles. The fourth-order valence-electron chi connectivity index (χ4n) is 3.00. The molecule has 1 heterocycles. The number of likely N-dealkylation sites (tertiary alicyclic amines) is 1. The van der Waals surface area contributed by atoms with Crippen molar-refractivity contribution in [2.24, 2.45) is 10.9 Å². The van der Waals surface area contributed by atoms with Crippen LogP contribution in [-0.4, -0.2) is 68.6 Å². The zero-order valence-electron chi connectivity index (χ0n) is 16.6. The van der Waals surface area contributed by atoms with Gasteiger partial charge in [0.05, 0.1) is 18.7 Å². The molecule has 2 unspecified atom stereocenters. The molecular weight excluding hydrogens is 502 g/mol. The summed E-state index contributed by atoms with van der Waals surface area (Å²) in [5.74, 6) is 1.46. The number of aliphatic hydroxyl groups is 1. The summed E-state index contributed by atoms with van der Waals surface area (Å²) in [5, 5.41) is 13.3. The molecule has 0 aromatic heterocycles. The number of nitrogens with zero attached hydrogens (tertiary/aromatic N) is 2. The highest BCUT2D eigenvalue weighted by atomic mass is 127. The Hall–Kier alpha value is -1.27. The van der Waals surface area contributed by atoms with Gasteiger partial charge >= 0.3 is 6.18 Å². The Labute approximate surface area is 186 Å². The maximum Gasteiger partial charge on any atom is 0.416 e. The minimum Gasteiger partial charge on any atom is -0.491 e. The first-order chi connectivity index (χ1) is 13.3. The van der Waals surface area contributed by atoms with Gasteiger partial charge in [-0.15, -0.1) is 24.0 Å². The fraction of sp³-hybridized carbons (Fsp3) is 0.632. The molecule has 1 saturated heterocycles. The van der Waals surface area contributed by atoms with Gasteiger partial charge < -0.3 is 24.8 Å². The molecule has 0 aliphatic carbocycles. The lowest BCUT2D eigenvalue weighted by Gasteiger charge is -2.22. The molecule has 2 atom stereocenters. The Balaban J connectivity index is 0.00000420. The minimum absolute atomic E-state index is 0. The summed E-state index contributed by atoms with van der Waals surface area (Å²) >= 11 is 0. The normalized spacial score (nSPS) is 18.3. The number of aliphatic imine (C=N–C) groups is 1. The number of halogens is 4. The van der Waals surface area contributed by atoms with Crippen molar-refractivity contribution < 1.29 is 27.8 Å². The quantitative estimate of drug-likeness (QED) is 0.307. The number of methoxy groups -OCH3 is 1. The number of rotatable bonds is 8. The lowest BCUT2D eigenvalue weighted by Crippen LogP contribution is -2.41. The third-order valence-corrected chi connectivity index (χ3v) is 4.40. The molecule has 0 bridgehead atoms. The number of benzene rings is 1. The summed E-state index contributed by atoms with van der Waals surface area (Å²) in [5.41, 5.74) is -0.738. The van der Waals surface area contributed by atoms with Crippen LogP contribution in [0.1, 0.15) is 18.9 Å². The van der Waals surface area contributed by atoms with Crippen LogP contribution in [0.25, 0.3) is 0 Å². The number of guanidine groups is 1. The second-order valence-corrected chi connectivity index (χ2v) is 6.74. The smallest absolute Gasteiger partial charge is 0.416 e. The van der Waals surface area contributed by atoms with E-state index in [1.54, 1.807) is 7.11 Å². The van der Waals surface area contributed by atoms with Crippen LogP contribution in [0.2, 0.25) is 0 Å². The lowest BCUT2D eigenvalue weighted by molar-refractivity contribution is -0.137. The van der Waals surface area contributed by atoms with Crippen molar-refractivity contribution in [2.75, 3.05) is 46.5 Å². The standard InChI is InChI=1S/C19H28F3N3O3.HI/c1-3-23-18(25-9-8-14(11-25)12-27-2)24-10-16(26)13-28-17-6-4-15(5-7-17)19(20,21)22;/h4-7,14,16,26H,3,8-13H2,1-2H3,(H,23,24);1H. The fourth-order valence-corrected chi connectivity index (χ4v) is 3.00. The van der Waals surface area contributed by atoms with E-state index in [2.05, 4.69) is 15.2 Å². The Morgan fingerprint density at radius 3 is 2.62 bits per heavy atom. The molecule has 0 amide bonds. The first kappa shape index (κ1) is 25.8. The number of hydrogen-bond donors (Lipinski definition) is 2. The molecule has 2 rings (SSSR count).